The number of ether oxygens (including phenoxy) is 1. The number of fused-ring (bicyclic) bond motifs is 1. The minimum absolute atomic E-state index is 0.238. The first-order valence-electron chi connectivity index (χ1n) is 6.29. The molecule has 3 rings (SSSR count). The second-order valence-corrected chi connectivity index (χ2v) is 4.57. The Morgan fingerprint density at radius 3 is 2.38 bits per heavy atom. The molecule has 0 unspecified atom stereocenters. The summed E-state index contributed by atoms with van der Waals surface area (Å²) < 4.78 is 48.2. The van der Waals surface area contributed by atoms with Crippen LogP contribution in [-0.2, 0) is 12.8 Å². The number of hydrogen-bond donors (Lipinski definition) is 0. The average Bonchev–Trinajstić information content (AvgIpc) is 2.88. The van der Waals surface area contributed by atoms with E-state index in [0.29, 0.717) is 5.75 Å². The average molecular weight is 292 g/mol. The summed E-state index contributed by atoms with van der Waals surface area (Å²) in [6.07, 6.45) is -2.74. The monoisotopic (exact) mass is 292 g/mol. The third kappa shape index (κ3) is 2.86. The van der Waals surface area contributed by atoms with Gasteiger partial charge >= 0.3 is 6.18 Å². The Kier molecular flexibility index (Phi) is 3.33. The Morgan fingerprint density at radius 1 is 0.952 bits per heavy atom. The van der Waals surface area contributed by atoms with Crippen LogP contribution in [0.15, 0.2) is 59.2 Å². The largest absolute Gasteiger partial charge is 0.489 e. The van der Waals surface area contributed by atoms with Crippen molar-refractivity contribution in [3.8, 4) is 5.75 Å². The molecule has 0 saturated carbocycles. The van der Waals surface area contributed by atoms with Gasteiger partial charge in [0.25, 0.3) is 0 Å². The number of rotatable bonds is 3. The molecular weight excluding hydrogens is 281 g/mol. The summed E-state index contributed by atoms with van der Waals surface area (Å²) in [6.45, 7) is 0.238. The maximum atomic E-state index is 12.5. The molecule has 0 saturated heterocycles. The van der Waals surface area contributed by atoms with Crippen LogP contribution in [0.5, 0.6) is 5.75 Å². The van der Waals surface area contributed by atoms with Crippen LogP contribution in [0, 0.1) is 0 Å². The van der Waals surface area contributed by atoms with Crippen molar-refractivity contribution in [3.05, 3.63) is 65.9 Å². The van der Waals surface area contributed by atoms with Crippen LogP contribution < -0.4 is 4.74 Å². The van der Waals surface area contributed by atoms with Crippen LogP contribution in [0.1, 0.15) is 11.1 Å². The Balaban J connectivity index is 1.73. The molecule has 1 aromatic heterocycles. The third-order valence-corrected chi connectivity index (χ3v) is 3.14. The minimum Gasteiger partial charge on any atom is -0.489 e. The van der Waals surface area contributed by atoms with Crippen LogP contribution in [0.4, 0.5) is 13.2 Å². The molecule has 0 N–H and O–H groups in total. The molecular formula is C16H11F3O2. The number of benzene rings is 2. The summed E-state index contributed by atoms with van der Waals surface area (Å²) in [5.74, 6) is 0.383. The topological polar surface area (TPSA) is 22.4 Å². The minimum atomic E-state index is -4.33. The van der Waals surface area contributed by atoms with Crippen molar-refractivity contribution in [2.45, 2.75) is 12.8 Å². The van der Waals surface area contributed by atoms with Crippen molar-refractivity contribution in [2.24, 2.45) is 0 Å². The smallest absolute Gasteiger partial charge is 0.416 e. The lowest BCUT2D eigenvalue weighted by molar-refractivity contribution is -0.137. The molecule has 0 atom stereocenters. The summed E-state index contributed by atoms with van der Waals surface area (Å²) in [5, 5.41) is 0.935. The molecule has 2 nitrogen and oxygen atoms in total. The van der Waals surface area contributed by atoms with E-state index in [0.717, 1.165) is 28.7 Å². The molecule has 0 radical (unpaired) electrons. The van der Waals surface area contributed by atoms with Gasteiger partial charge in [-0.1, -0.05) is 18.2 Å². The standard InChI is InChI=1S/C16H11F3O2/c17-16(18,19)12-5-7-13(8-6-12)20-9-11-10-21-15-4-2-1-3-14(11)15/h1-8,10H,9H2. The highest BCUT2D eigenvalue weighted by Crippen LogP contribution is 2.30. The van der Waals surface area contributed by atoms with E-state index in [1.54, 1.807) is 6.26 Å². The van der Waals surface area contributed by atoms with E-state index >= 15 is 0 Å². The molecule has 108 valence electrons. The van der Waals surface area contributed by atoms with Gasteiger partial charge in [-0.15, -0.1) is 0 Å². The summed E-state index contributed by atoms with van der Waals surface area (Å²) >= 11 is 0. The van der Waals surface area contributed by atoms with Crippen molar-refractivity contribution in [1.82, 2.24) is 0 Å². The summed E-state index contributed by atoms with van der Waals surface area (Å²) in [7, 11) is 0. The van der Waals surface area contributed by atoms with Gasteiger partial charge in [0.1, 0.15) is 17.9 Å². The van der Waals surface area contributed by atoms with Crippen LogP contribution in [-0.4, -0.2) is 0 Å². The summed E-state index contributed by atoms with van der Waals surface area (Å²) in [4.78, 5) is 0. The number of halogens is 3. The molecule has 0 spiro atoms. The fourth-order valence-corrected chi connectivity index (χ4v) is 2.05. The van der Waals surface area contributed by atoms with Crippen molar-refractivity contribution in [3.63, 3.8) is 0 Å². The number of alkyl halides is 3. The third-order valence-electron chi connectivity index (χ3n) is 3.14. The van der Waals surface area contributed by atoms with Gasteiger partial charge in [0, 0.05) is 10.9 Å². The van der Waals surface area contributed by atoms with Gasteiger partial charge in [0.2, 0.25) is 0 Å². The lowest BCUT2D eigenvalue weighted by Gasteiger charge is -2.08. The molecule has 21 heavy (non-hydrogen) atoms. The zero-order valence-corrected chi connectivity index (χ0v) is 10.9. The molecule has 2 aromatic carbocycles. The Labute approximate surface area is 118 Å². The van der Waals surface area contributed by atoms with Crippen molar-refractivity contribution in [2.75, 3.05) is 0 Å². The zero-order chi connectivity index (χ0) is 14.9. The molecule has 3 aromatic rings. The maximum Gasteiger partial charge on any atom is 0.416 e. The SMILES string of the molecule is FC(F)(F)c1ccc(OCc2coc3ccccc23)cc1. The second kappa shape index (κ2) is 5.16. The Bertz CT molecular complexity index is 742. The summed E-state index contributed by atoms with van der Waals surface area (Å²) in [5.41, 5.74) is 0.914. The normalized spacial score (nSPS) is 11.8. The van der Waals surface area contributed by atoms with Crippen LogP contribution in [0.3, 0.4) is 0 Å². The fraction of sp³-hybridized carbons (Fsp3) is 0.125. The fourth-order valence-electron chi connectivity index (χ4n) is 2.05. The Morgan fingerprint density at radius 2 is 1.67 bits per heavy atom. The van der Waals surface area contributed by atoms with Gasteiger partial charge in [0.05, 0.1) is 11.8 Å². The van der Waals surface area contributed by atoms with Crippen LogP contribution in [0.2, 0.25) is 0 Å². The molecule has 0 aliphatic rings. The highest BCUT2D eigenvalue weighted by atomic mass is 19.4. The summed E-state index contributed by atoms with van der Waals surface area (Å²) in [6, 6.07) is 12.1. The number of hydrogen-bond acceptors (Lipinski definition) is 2. The van der Waals surface area contributed by atoms with E-state index in [1.165, 1.54) is 12.1 Å². The molecule has 0 bridgehead atoms. The highest BCUT2D eigenvalue weighted by Gasteiger charge is 2.30. The highest BCUT2D eigenvalue weighted by molar-refractivity contribution is 5.80. The number of para-hydroxylation sites is 1. The second-order valence-electron chi connectivity index (χ2n) is 4.57. The quantitative estimate of drug-likeness (QED) is 0.675. The van der Waals surface area contributed by atoms with Crippen molar-refractivity contribution in [1.29, 1.82) is 0 Å². The predicted octanol–water partition coefficient (Wildman–Crippen LogP) is 5.03. The van der Waals surface area contributed by atoms with Gasteiger partial charge in [-0.05, 0) is 30.3 Å². The molecule has 1 heterocycles. The van der Waals surface area contributed by atoms with E-state index in [9.17, 15) is 13.2 Å². The van der Waals surface area contributed by atoms with Crippen molar-refractivity contribution < 1.29 is 22.3 Å². The predicted molar refractivity (Wildman–Crippen MR) is 72.0 cm³/mol. The van der Waals surface area contributed by atoms with Crippen LogP contribution in [0.25, 0.3) is 11.0 Å². The van der Waals surface area contributed by atoms with Gasteiger partial charge in [0.15, 0.2) is 0 Å². The van der Waals surface area contributed by atoms with E-state index in [2.05, 4.69) is 0 Å². The van der Waals surface area contributed by atoms with E-state index < -0.39 is 11.7 Å². The lowest BCUT2D eigenvalue weighted by Crippen LogP contribution is -2.04. The molecule has 5 heteroatoms. The Hall–Kier alpha value is -2.43. The first kappa shape index (κ1) is 13.5. The molecule has 0 amide bonds. The molecule has 0 aliphatic carbocycles. The van der Waals surface area contributed by atoms with Gasteiger partial charge in [-0.25, -0.2) is 0 Å². The van der Waals surface area contributed by atoms with Gasteiger partial charge in [-0.3, -0.25) is 0 Å². The van der Waals surface area contributed by atoms with E-state index in [-0.39, 0.29) is 6.61 Å². The van der Waals surface area contributed by atoms with E-state index in [1.807, 2.05) is 24.3 Å². The number of furan rings is 1. The first-order valence-corrected chi connectivity index (χ1v) is 6.29. The molecule has 0 aliphatic heterocycles. The zero-order valence-electron chi connectivity index (χ0n) is 10.9. The molecule has 0 fully saturated rings. The van der Waals surface area contributed by atoms with Crippen molar-refractivity contribution >= 4 is 11.0 Å². The first-order chi connectivity index (χ1) is 10.0. The maximum absolute atomic E-state index is 12.5. The lowest BCUT2D eigenvalue weighted by atomic mass is 10.2. The van der Waals surface area contributed by atoms with E-state index in [4.69, 9.17) is 9.15 Å². The van der Waals surface area contributed by atoms with Crippen LogP contribution >= 0.6 is 0 Å². The van der Waals surface area contributed by atoms with Gasteiger partial charge in [-0.2, -0.15) is 13.2 Å². The van der Waals surface area contributed by atoms with Gasteiger partial charge < -0.3 is 9.15 Å².